The highest BCUT2D eigenvalue weighted by Crippen LogP contribution is 2.47. The van der Waals surface area contributed by atoms with E-state index in [1.54, 1.807) is 0 Å². The summed E-state index contributed by atoms with van der Waals surface area (Å²) in [5.41, 5.74) is 14.5. The van der Waals surface area contributed by atoms with Gasteiger partial charge in [0.1, 0.15) is 11.9 Å². The molecule has 0 spiro atoms. The van der Waals surface area contributed by atoms with Crippen molar-refractivity contribution in [2.24, 2.45) is 5.92 Å². The molecule has 0 N–H and O–H groups in total. The van der Waals surface area contributed by atoms with E-state index in [0.29, 0.717) is 5.92 Å². The molecule has 3 aliphatic rings. The Morgan fingerprint density at radius 1 is 0.475 bits per heavy atom. The average molecular weight is 782 g/mol. The van der Waals surface area contributed by atoms with E-state index < -0.39 is 0 Å². The zero-order valence-electron chi connectivity index (χ0n) is 34.0. The summed E-state index contributed by atoms with van der Waals surface area (Å²) in [5.74, 6) is 1.84. The second kappa shape index (κ2) is 14.4. The molecule has 3 atom stereocenters. The Kier molecular flexibility index (Phi) is 8.38. The first-order valence-corrected chi connectivity index (χ1v) is 21.5. The number of rotatable bonds is 6. The van der Waals surface area contributed by atoms with Crippen LogP contribution in [-0.4, -0.2) is 6.10 Å². The van der Waals surface area contributed by atoms with Crippen molar-refractivity contribution in [1.82, 2.24) is 0 Å². The van der Waals surface area contributed by atoms with Crippen molar-refractivity contribution in [2.45, 2.75) is 25.4 Å². The van der Waals surface area contributed by atoms with Crippen LogP contribution in [0.3, 0.4) is 0 Å². The van der Waals surface area contributed by atoms with E-state index in [-0.39, 0.29) is 12.0 Å². The summed E-state index contributed by atoms with van der Waals surface area (Å²) in [6.07, 6.45) is 14.5. The van der Waals surface area contributed by atoms with Gasteiger partial charge in [-0.15, -0.1) is 0 Å². The number of para-hydroxylation sites is 1. The highest BCUT2D eigenvalue weighted by atomic mass is 16.5. The predicted molar refractivity (Wildman–Crippen MR) is 257 cm³/mol. The van der Waals surface area contributed by atoms with E-state index in [2.05, 4.69) is 224 Å². The molecule has 0 saturated carbocycles. The molecule has 9 aromatic carbocycles. The lowest BCUT2D eigenvalue weighted by atomic mass is 9.87. The number of nitrogens with zero attached hydrogens (tertiary/aromatic N) is 1. The van der Waals surface area contributed by atoms with Gasteiger partial charge in [0, 0.05) is 34.1 Å². The first kappa shape index (κ1) is 35.5. The van der Waals surface area contributed by atoms with Gasteiger partial charge in [-0.05, 0) is 138 Å². The van der Waals surface area contributed by atoms with Crippen LogP contribution in [-0.2, 0) is 6.42 Å². The van der Waals surface area contributed by atoms with Gasteiger partial charge in [0.15, 0.2) is 0 Å². The van der Waals surface area contributed by atoms with Crippen molar-refractivity contribution < 1.29 is 4.74 Å². The fourth-order valence-corrected chi connectivity index (χ4v) is 9.96. The molecular weight excluding hydrogens is 739 g/mol. The maximum absolute atomic E-state index is 6.55. The summed E-state index contributed by atoms with van der Waals surface area (Å²) in [6, 6.07) is 65.0. The Bertz CT molecular complexity index is 3260. The molecule has 0 aromatic heterocycles. The summed E-state index contributed by atoms with van der Waals surface area (Å²) >= 11 is 0. The van der Waals surface area contributed by atoms with Gasteiger partial charge in [0.05, 0.1) is 0 Å². The molecule has 61 heavy (non-hydrogen) atoms. The molecule has 0 amide bonds. The number of hydrogen-bond donors (Lipinski definition) is 0. The Labute approximate surface area is 357 Å². The van der Waals surface area contributed by atoms with E-state index in [9.17, 15) is 0 Å². The zero-order valence-corrected chi connectivity index (χ0v) is 34.0. The third-order valence-corrected chi connectivity index (χ3v) is 13.1. The summed E-state index contributed by atoms with van der Waals surface area (Å²) in [7, 11) is 0. The van der Waals surface area contributed by atoms with Gasteiger partial charge < -0.3 is 9.64 Å². The first-order chi connectivity index (χ1) is 30.1. The van der Waals surface area contributed by atoms with Crippen LogP contribution < -0.4 is 9.64 Å². The fourth-order valence-electron chi connectivity index (χ4n) is 9.96. The van der Waals surface area contributed by atoms with E-state index in [4.69, 9.17) is 4.74 Å². The standard InChI is InChI=1S/C59H43NO/c1-38-13-32-52-45(35-38)16-17-47-37-44(25-34-54(47)52)40-20-28-49(29-21-40)60(50-30-22-42(23-31-50)55-10-6-11-57-56-9-4-5-12-58(56)61-59(55)57)48-26-18-39(19-27-48)43-24-33-53-46(36-43)15-14-41-7-2-3-8-51(41)53/h2-34,36-38,56,58H,35H2,1H3. The molecule has 2 heteroatoms. The third kappa shape index (κ3) is 6.18. The van der Waals surface area contributed by atoms with Gasteiger partial charge in [-0.2, -0.15) is 0 Å². The average Bonchev–Trinajstić information content (AvgIpc) is 3.71. The number of hydrogen-bond acceptors (Lipinski definition) is 2. The predicted octanol–water partition coefficient (Wildman–Crippen LogP) is 15.8. The highest BCUT2D eigenvalue weighted by molar-refractivity contribution is 6.08. The normalized spacial score (nSPS) is 17.3. The molecule has 0 radical (unpaired) electrons. The van der Waals surface area contributed by atoms with Gasteiger partial charge in [-0.25, -0.2) is 0 Å². The monoisotopic (exact) mass is 781 g/mol. The zero-order chi connectivity index (χ0) is 40.4. The summed E-state index contributed by atoms with van der Waals surface area (Å²) in [5, 5.41) is 7.70. The minimum Gasteiger partial charge on any atom is -0.484 e. The molecular formula is C59H43NO. The Hall–Kier alpha value is -7.42. The van der Waals surface area contributed by atoms with Gasteiger partial charge in [-0.1, -0.05) is 165 Å². The van der Waals surface area contributed by atoms with Crippen molar-refractivity contribution in [3.63, 3.8) is 0 Å². The highest BCUT2D eigenvalue weighted by Gasteiger charge is 2.33. The van der Waals surface area contributed by atoms with Crippen molar-refractivity contribution in [3.8, 4) is 39.1 Å². The van der Waals surface area contributed by atoms with E-state index in [0.717, 1.165) is 40.4 Å². The number of ether oxygens (including phenoxy) is 1. The first-order valence-electron chi connectivity index (χ1n) is 21.5. The smallest absolute Gasteiger partial charge is 0.132 e. The molecule has 9 aromatic rings. The van der Waals surface area contributed by atoms with E-state index in [1.807, 2.05) is 0 Å². The van der Waals surface area contributed by atoms with Crippen LogP contribution in [0.1, 0.15) is 29.5 Å². The van der Waals surface area contributed by atoms with Gasteiger partial charge in [-0.3, -0.25) is 0 Å². The molecule has 0 bridgehead atoms. The van der Waals surface area contributed by atoms with E-state index in [1.165, 1.54) is 71.3 Å². The molecule has 2 nitrogen and oxygen atoms in total. The summed E-state index contributed by atoms with van der Waals surface area (Å²) < 4.78 is 6.55. The number of benzene rings is 9. The second-order valence-corrected chi connectivity index (χ2v) is 16.9. The summed E-state index contributed by atoms with van der Waals surface area (Å²) in [4.78, 5) is 2.36. The second-order valence-electron chi connectivity index (χ2n) is 16.9. The SMILES string of the molecule is CC1C=Cc2c(ccc3cc(-c4ccc(N(c5ccc(-c6ccc7c(ccc8ccccc87)c6)cc5)c5ccc(-c6cccc7c6OC6C=CC=CC76)cc5)cc4)ccc23)C1. The largest absolute Gasteiger partial charge is 0.484 e. The van der Waals surface area contributed by atoms with Gasteiger partial charge in [0.2, 0.25) is 0 Å². The minimum atomic E-state index is 0.0531. The maximum atomic E-state index is 6.55. The molecule has 1 heterocycles. The van der Waals surface area contributed by atoms with Crippen LogP contribution in [0.25, 0.3) is 71.8 Å². The Morgan fingerprint density at radius 3 is 1.80 bits per heavy atom. The Balaban J connectivity index is 0.901. The molecule has 290 valence electrons. The van der Waals surface area contributed by atoms with Gasteiger partial charge in [0.25, 0.3) is 0 Å². The van der Waals surface area contributed by atoms with E-state index >= 15 is 0 Å². The van der Waals surface area contributed by atoms with Crippen LogP contribution in [0.15, 0.2) is 206 Å². The molecule has 2 aliphatic carbocycles. The minimum absolute atomic E-state index is 0.0531. The lowest BCUT2D eigenvalue weighted by molar-refractivity contribution is 0.270. The quantitative estimate of drug-likeness (QED) is 0.156. The number of anilines is 3. The molecule has 3 unspecified atom stereocenters. The number of fused-ring (bicyclic) bond motifs is 9. The molecule has 12 rings (SSSR count). The van der Waals surface area contributed by atoms with Crippen LogP contribution in [0.4, 0.5) is 17.1 Å². The fraction of sp³-hybridized carbons (Fsp3) is 0.0847. The molecule has 0 fully saturated rings. The van der Waals surface area contributed by atoms with Crippen LogP contribution in [0.2, 0.25) is 0 Å². The van der Waals surface area contributed by atoms with Crippen molar-refractivity contribution >= 4 is 55.5 Å². The topological polar surface area (TPSA) is 12.5 Å². The van der Waals surface area contributed by atoms with Crippen molar-refractivity contribution in [3.05, 3.63) is 223 Å². The van der Waals surface area contributed by atoms with Gasteiger partial charge >= 0.3 is 0 Å². The lowest BCUT2D eigenvalue weighted by Gasteiger charge is -2.26. The third-order valence-electron chi connectivity index (χ3n) is 13.1. The Morgan fingerprint density at radius 2 is 1.07 bits per heavy atom. The molecule has 0 saturated heterocycles. The summed E-state index contributed by atoms with van der Waals surface area (Å²) in [6.45, 7) is 2.29. The van der Waals surface area contributed by atoms with Crippen LogP contribution in [0, 0.1) is 5.92 Å². The maximum Gasteiger partial charge on any atom is 0.132 e. The van der Waals surface area contributed by atoms with Crippen LogP contribution in [0.5, 0.6) is 5.75 Å². The van der Waals surface area contributed by atoms with Crippen molar-refractivity contribution in [1.29, 1.82) is 0 Å². The molecule has 1 aliphatic heterocycles. The van der Waals surface area contributed by atoms with Crippen molar-refractivity contribution in [2.75, 3.05) is 4.90 Å². The lowest BCUT2D eigenvalue weighted by Crippen LogP contribution is -2.15. The van der Waals surface area contributed by atoms with Crippen LogP contribution >= 0.6 is 0 Å². The number of allylic oxidation sites excluding steroid dienone is 3.